The lowest BCUT2D eigenvalue weighted by atomic mass is 9.85. The molecule has 0 amide bonds. The Morgan fingerprint density at radius 3 is 2.53 bits per heavy atom. The zero-order valence-corrected chi connectivity index (χ0v) is 8.95. The van der Waals surface area contributed by atoms with Crippen LogP contribution in [0.25, 0.3) is 0 Å². The lowest BCUT2D eigenvalue weighted by molar-refractivity contribution is 0.0256. The molecule has 0 heterocycles. The highest BCUT2D eigenvalue weighted by atomic mass is 16.3. The molecule has 1 unspecified atom stereocenters. The van der Waals surface area contributed by atoms with Crippen molar-refractivity contribution in [1.29, 1.82) is 0 Å². The van der Waals surface area contributed by atoms with Crippen LogP contribution in [0.5, 0.6) is 0 Å². The minimum absolute atomic E-state index is 0.248. The fourth-order valence-electron chi connectivity index (χ4n) is 1.85. The molecule has 2 N–H and O–H groups in total. The summed E-state index contributed by atoms with van der Waals surface area (Å²) in [5, 5.41) is 19.2. The maximum Gasteiger partial charge on any atom is 0.110 e. The number of rotatable bonds is 5. The van der Waals surface area contributed by atoms with Gasteiger partial charge < -0.3 is 10.2 Å². The third-order valence-electron chi connectivity index (χ3n) is 2.44. The van der Waals surface area contributed by atoms with Crippen LogP contribution in [-0.2, 0) is 0 Å². The highest BCUT2D eigenvalue weighted by Gasteiger charge is 2.27. The van der Waals surface area contributed by atoms with Gasteiger partial charge in [0, 0.05) is 6.42 Å². The van der Waals surface area contributed by atoms with Crippen molar-refractivity contribution < 1.29 is 10.2 Å². The SMILES string of the molecule is C=CCC1=CC(O)(CO)CC(CC=C)=C1. The van der Waals surface area contributed by atoms with Crippen LogP contribution < -0.4 is 0 Å². The normalized spacial score (nSPS) is 25.5. The van der Waals surface area contributed by atoms with Crippen molar-refractivity contribution in [1.82, 2.24) is 0 Å². The summed E-state index contributed by atoms with van der Waals surface area (Å²) >= 11 is 0. The molecule has 82 valence electrons. The van der Waals surface area contributed by atoms with Gasteiger partial charge in [-0.2, -0.15) is 0 Å². The van der Waals surface area contributed by atoms with Gasteiger partial charge in [-0.15, -0.1) is 13.2 Å². The minimum Gasteiger partial charge on any atom is -0.393 e. The van der Waals surface area contributed by atoms with Crippen molar-refractivity contribution in [3.8, 4) is 0 Å². The highest BCUT2D eigenvalue weighted by molar-refractivity contribution is 5.35. The molecule has 0 bridgehead atoms. The summed E-state index contributed by atoms with van der Waals surface area (Å²) in [6.45, 7) is 7.09. The number of hydrogen-bond acceptors (Lipinski definition) is 2. The molecule has 0 aromatic heterocycles. The van der Waals surface area contributed by atoms with E-state index in [9.17, 15) is 5.11 Å². The first-order valence-corrected chi connectivity index (χ1v) is 5.10. The van der Waals surface area contributed by atoms with Gasteiger partial charge in [-0.3, -0.25) is 0 Å². The maximum absolute atomic E-state index is 10.0. The van der Waals surface area contributed by atoms with Crippen LogP contribution in [0.3, 0.4) is 0 Å². The van der Waals surface area contributed by atoms with E-state index in [2.05, 4.69) is 13.2 Å². The molecule has 0 radical (unpaired) electrons. The molecule has 0 aromatic carbocycles. The largest absolute Gasteiger partial charge is 0.393 e. The van der Waals surface area contributed by atoms with Gasteiger partial charge in [0.15, 0.2) is 0 Å². The van der Waals surface area contributed by atoms with E-state index in [1.54, 1.807) is 18.2 Å². The summed E-state index contributed by atoms with van der Waals surface area (Å²) < 4.78 is 0. The van der Waals surface area contributed by atoms with Crippen molar-refractivity contribution >= 4 is 0 Å². The van der Waals surface area contributed by atoms with Gasteiger partial charge in [-0.25, -0.2) is 0 Å². The van der Waals surface area contributed by atoms with Crippen LogP contribution in [0, 0.1) is 0 Å². The van der Waals surface area contributed by atoms with Crippen molar-refractivity contribution in [2.24, 2.45) is 0 Å². The lowest BCUT2D eigenvalue weighted by Gasteiger charge is -2.28. The Balaban J connectivity index is 2.90. The van der Waals surface area contributed by atoms with Crippen molar-refractivity contribution in [3.63, 3.8) is 0 Å². The van der Waals surface area contributed by atoms with E-state index < -0.39 is 5.60 Å². The van der Waals surface area contributed by atoms with Crippen LogP contribution in [0.2, 0.25) is 0 Å². The quantitative estimate of drug-likeness (QED) is 0.676. The molecule has 1 aliphatic carbocycles. The molecular formula is C13H18O2. The molecule has 15 heavy (non-hydrogen) atoms. The summed E-state index contributed by atoms with van der Waals surface area (Å²) in [6, 6.07) is 0. The molecule has 2 heteroatoms. The van der Waals surface area contributed by atoms with Crippen molar-refractivity contribution in [3.05, 3.63) is 48.6 Å². The van der Waals surface area contributed by atoms with Crippen molar-refractivity contribution in [2.75, 3.05) is 6.61 Å². The molecule has 0 saturated carbocycles. The molecule has 1 atom stereocenters. The fourth-order valence-corrected chi connectivity index (χ4v) is 1.85. The maximum atomic E-state index is 10.0. The molecule has 0 aromatic rings. The smallest absolute Gasteiger partial charge is 0.110 e. The second-order valence-electron chi connectivity index (χ2n) is 3.95. The fraction of sp³-hybridized carbons (Fsp3) is 0.385. The molecule has 0 saturated heterocycles. The van der Waals surface area contributed by atoms with Gasteiger partial charge in [-0.1, -0.05) is 23.8 Å². The summed E-state index contributed by atoms with van der Waals surface area (Å²) in [5.41, 5.74) is 0.997. The summed E-state index contributed by atoms with van der Waals surface area (Å²) in [5.74, 6) is 0. The standard InChI is InChI=1S/C13H18O2/c1-3-5-11-7-12(6-4-2)9-13(15,8-11)10-14/h3-4,7-8,14-15H,1-2,5-6,9-10H2. The summed E-state index contributed by atoms with van der Waals surface area (Å²) in [7, 11) is 0. The molecule has 2 nitrogen and oxygen atoms in total. The van der Waals surface area contributed by atoms with Gasteiger partial charge in [0.2, 0.25) is 0 Å². The number of allylic oxidation sites excluding steroid dienone is 4. The number of aliphatic hydroxyl groups is 2. The van der Waals surface area contributed by atoms with Crippen LogP contribution in [0.15, 0.2) is 48.6 Å². The van der Waals surface area contributed by atoms with Gasteiger partial charge in [-0.05, 0) is 24.5 Å². The topological polar surface area (TPSA) is 40.5 Å². The molecular weight excluding hydrogens is 188 g/mol. The van der Waals surface area contributed by atoms with E-state index in [0.717, 1.165) is 17.6 Å². The minimum atomic E-state index is -1.11. The van der Waals surface area contributed by atoms with Gasteiger partial charge in [0.05, 0.1) is 6.61 Å². The summed E-state index contributed by atoms with van der Waals surface area (Å²) in [6.07, 6.45) is 9.31. The average Bonchev–Trinajstić information content (AvgIpc) is 2.18. The zero-order chi connectivity index (χ0) is 11.3. The van der Waals surface area contributed by atoms with E-state index in [-0.39, 0.29) is 6.61 Å². The number of hydrogen-bond donors (Lipinski definition) is 2. The summed E-state index contributed by atoms with van der Waals surface area (Å²) in [4.78, 5) is 0. The third-order valence-corrected chi connectivity index (χ3v) is 2.44. The zero-order valence-electron chi connectivity index (χ0n) is 8.95. The Labute approximate surface area is 90.9 Å². The monoisotopic (exact) mass is 206 g/mol. The van der Waals surface area contributed by atoms with Crippen LogP contribution in [0.1, 0.15) is 19.3 Å². The predicted octanol–water partition coefficient (Wildman–Crippen LogP) is 2.12. The Morgan fingerprint density at radius 1 is 1.33 bits per heavy atom. The molecule has 0 fully saturated rings. The van der Waals surface area contributed by atoms with Crippen LogP contribution in [-0.4, -0.2) is 22.4 Å². The third kappa shape index (κ3) is 3.18. The first-order valence-electron chi connectivity index (χ1n) is 5.10. The molecule has 1 aliphatic rings. The molecule has 1 rings (SSSR count). The molecule has 0 aliphatic heterocycles. The van der Waals surface area contributed by atoms with Crippen LogP contribution >= 0.6 is 0 Å². The first-order chi connectivity index (χ1) is 7.13. The lowest BCUT2D eigenvalue weighted by Crippen LogP contribution is -2.33. The average molecular weight is 206 g/mol. The Hall–Kier alpha value is -1.12. The second kappa shape index (κ2) is 5.10. The van der Waals surface area contributed by atoms with E-state index in [1.165, 1.54) is 0 Å². The van der Waals surface area contributed by atoms with E-state index in [1.807, 2.05) is 6.08 Å². The predicted molar refractivity (Wildman–Crippen MR) is 62.4 cm³/mol. The van der Waals surface area contributed by atoms with E-state index in [0.29, 0.717) is 12.8 Å². The number of aliphatic hydroxyl groups excluding tert-OH is 1. The Morgan fingerprint density at radius 2 is 2.00 bits per heavy atom. The Kier molecular flexibility index (Phi) is 4.06. The van der Waals surface area contributed by atoms with Gasteiger partial charge in [0.1, 0.15) is 5.60 Å². The second-order valence-corrected chi connectivity index (χ2v) is 3.95. The highest BCUT2D eigenvalue weighted by Crippen LogP contribution is 2.29. The Bertz CT molecular complexity index is 312. The molecule has 0 spiro atoms. The van der Waals surface area contributed by atoms with Crippen LogP contribution in [0.4, 0.5) is 0 Å². The van der Waals surface area contributed by atoms with Gasteiger partial charge >= 0.3 is 0 Å². The first kappa shape index (κ1) is 12.0. The van der Waals surface area contributed by atoms with Crippen molar-refractivity contribution in [2.45, 2.75) is 24.9 Å². The van der Waals surface area contributed by atoms with Gasteiger partial charge in [0.25, 0.3) is 0 Å². The van der Waals surface area contributed by atoms with E-state index in [4.69, 9.17) is 5.11 Å². The van der Waals surface area contributed by atoms with E-state index >= 15 is 0 Å².